The average molecular weight is 524 g/mol. The standard InChI is InChI=1S/C17H16Br2O5S2/c1-23-16(21)13-5-3-11(25-13)9(7-18)15(20)10(8-19)12-4-6-14(26-12)17(22)24-2/h3-6,9-10H,7-8H2,1-2H3. The van der Waals surface area contributed by atoms with Crippen molar-refractivity contribution in [2.24, 2.45) is 0 Å². The molecule has 0 saturated carbocycles. The van der Waals surface area contributed by atoms with E-state index in [9.17, 15) is 14.4 Å². The largest absolute Gasteiger partial charge is 0.465 e. The van der Waals surface area contributed by atoms with Crippen LogP contribution in [0.2, 0.25) is 0 Å². The Kier molecular flexibility index (Phi) is 8.00. The minimum absolute atomic E-state index is 0.00952. The van der Waals surface area contributed by atoms with Crippen molar-refractivity contribution < 1.29 is 23.9 Å². The molecule has 9 heteroatoms. The number of alkyl halides is 2. The molecule has 0 aliphatic rings. The number of ketones is 1. The van der Waals surface area contributed by atoms with Gasteiger partial charge in [0.25, 0.3) is 0 Å². The predicted molar refractivity (Wildman–Crippen MR) is 109 cm³/mol. The first-order valence-corrected chi connectivity index (χ1v) is 11.4. The number of ether oxygens (including phenoxy) is 2. The number of esters is 2. The lowest BCUT2D eigenvalue weighted by Gasteiger charge is -2.17. The normalized spacial score (nSPS) is 13.1. The molecule has 2 atom stereocenters. The fourth-order valence-corrected chi connectivity index (χ4v) is 6.16. The highest BCUT2D eigenvalue weighted by atomic mass is 79.9. The van der Waals surface area contributed by atoms with Crippen LogP contribution in [-0.4, -0.2) is 42.6 Å². The van der Waals surface area contributed by atoms with E-state index in [0.717, 1.165) is 9.75 Å². The first-order chi connectivity index (χ1) is 12.5. The maximum absolute atomic E-state index is 13.1. The van der Waals surface area contributed by atoms with Crippen LogP contribution >= 0.6 is 54.5 Å². The summed E-state index contributed by atoms with van der Waals surface area (Å²) in [5.74, 6) is -1.62. The SMILES string of the molecule is COC(=O)c1ccc(C(CBr)C(=O)C(CBr)c2ccc(C(=O)OC)s2)s1. The van der Waals surface area contributed by atoms with Crippen molar-refractivity contribution >= 4 is 72.3 Å². The molecule has 2 rings (SSSR count). The fraction of sp³-hybridized carbons (Fsp3) is 0.353. The summed E-state index contributed by atoms with van der Waals surface area (Å²) >= 11 is 9.32. The van der Waals surface area contributed by atoms with Gasteiger partial charge >= 0.3 is 11.9 Å². The molecule has 0 aromatic carbocycles. The molecule has 0 aliphatic heterocycles. The molecule has 0 fully saturated rings. The van der Waals surface area contributed by atoms with Crippen LogP contribution in [0.15, 0.2) is 24.3 Å². The zero-order chi connectivity index (χ0) is 19.3. The molecule has 0 amide bonds. The zero-order valence-corrected chi connectivity index (χ0v) is 18.8. The Morgan fingerprint density at radius 2 is 1.23 bits per heavy atom. The maximum Gasteiger partial charge on any atom is 0.348 e. The van der Waals surface area contributed by atoms with Crippen molar-refractivity contribution in [3.8, 4) is 0 Å². The van der Waals surface area contributed by atoms with Gasteiger partial charge in [-0.3, -0.25) is 4.79 Å². The van der Waals surface area contributed by atoms with Gasteiger partial charge in [-0.2, -0.15) is 0 Å². The minimum atomic E-state index is -0.417. The fourth-order valence-electron chi connectivity index (χ4n) is 2.33. The van der Waals surface area contributed by atoms with Gasteiger partial charge < -0.3 is 9.47 Å². The number of rotatable bonds is 8. The molecule has 2 aromatic rings. The quantitative estimate of drug-likeness (QED) is 0.373. The van der Waals surface area contributed by atoms with Crippen molar-refractivity contribution in [1.82, 2.24) is 0 Å². The van der Waals surface area contributed by atoms with Gasteiger partial charge in [0.1, 0.15) is 9.75 Å². The molecule has 2 heterocycles. The first kappa shape index (κ1) is 21.3. The molecule has 0 bridgehead atoms. The molecule has 140 valence electrons. The van der Waals surface area contributed by atoms with Crippen LogP contribution in [0.4, 0.5) is 0 Å². The monoisotopic (exact) mass is 522 g/mol. The summed E-state index contributed by atoms with van der Waals surface area (Å²) in [6.45, 7) is 0. The second-order valence-electron chi connectivity index (χ2n) is 5.20. The molecule has 2 unspecified atom stereocenters. The van der Waals surface area contributed by atoms with Gasteiger partial charge in [0.05, 0.1) is 26.1 Å². The van der Waals surface area contributed by atoms with Gasteiger partial charge in [-0.05, 0) is 24.3 Å². The van der Waals surface area contributed by atoms with Crippen LogP contribution in [0, 0.1) is 0 Å². The van der Waals surface area contributed by atoms with Crippen LogP contribution in [0.25, 0.3) is 0 Å². The molecule has 0 aliphatic carbocycles. The summed E-state index contributed by atoms with van der Waals surface area (Å²) in [7, 11) is 2.65. The van der Waals surface area contributed by atoms with Crippen LogP contribution in [0.3, 0.4) is 0 Å². The average Bonchev–Trinajstić information content (AvgIpc) is 3.32. The molecular formula is C17H16Br2O5S2. The zero-order valence-electron chi connectivity index (χ0n) is 14.0. The van der Waals surface area contributed by atoms with Crippen LogP contribution in [-0.2, 0) is 14.3 Å². The molecule has 0 saturated heterocycles. The van der Waals surface area contributed by atoms with E-state index >= 15 is 0 Å². The van der Waals surface area contributed by atoms with E-state index in [1.807, 2.05) is 0 Å². The van der Waals surface area contributed by atoms with Crippen molar-refractivity contribution in [2.45, 2.75) is 11.8 Å². The molecule has 5 nitrogen and oxygen atoms in total. The van der Waals surface area contributed by atoms with E-state index < -0.39 is 23.8 Å². The Balaban J connectivity index is 2.27. The number of carbonyl (C=O) groups excluding carboxylic acids is 3. The predicted octanol–water partition coefficient (Wildman–Crippen LogP) is 4.61. The van der Waals surface area contributed by atoms with Crippen molar-refractivity contribution in [3.05, 3.63) is 43.8 Å². The van der Waals surface area contributed by atoms with E-state index in [4.69, 9.17) is 9.47 Å². The number of carbonyl (C=O) groups is 3. The Morgan fingerprint density at radius 3 is 1.54 bits per heavy atom. The van der Waals surface area contributed by atoms with Crippen molar-refractivity contribution in [3.63, 3.8) is 0 Å². The third-order valence-corrected chi connectivity index (χ3v) is 7.36. The molecule has 26 heavy (non-hydrogen) atoms. The third kappa shape index (κ3) is 4.62. The summed E-state index contributed by atoms with van der Waals surface area (Å²) < 4.78 is 9.44. The van der Waals surface area contributed by atoms with Gasteiger partial charge in [0.2, 0.25) is 0 Å². The second kappa shape index (κ2) is 9.77. The van der Waals surface area contributed by atoms with Crippen molar-refractivity contribution in [2.75, 3.05) is 24.9 Å². The van der Waals surface area contributed by atoms with Gasteiger partial charge in [0, 0.05) is 20.4 Å². The van der Waals surface area contributed by atoms with Gasteiger partial charge in [-0.25, -0.2) is 9.59 Å². The number of hydrogen-bond donors (Lipinski definition) is 0. The Hall–Kier alpha value is -1.03. The highest BCUT2D eigenvalue weighted by Crippen LogP contribution is 2.35. The number of methoxy groups -OCH3 is 2. The Bertz CT molecular complexity index is 734. The van der Waals surface area contributed by atoms with Gasteiger partial charge in [-0.15, -0.1) is 22.7 Å². The Morgan fingerprint density at radius 1 is 0.846 bits per heavy atom. The summed E-state index contributed by atoms with van der Waals surface area (Å²) in [5.41, 5.74) is 0. The van der Waals surface area contributed by atoms with Gasteiger partial charge in [0.15, 0.2) is 5.78 Å². The van der Waals surface area contributed by atoms with Gasteiger partial charge in [-0.1, -0.05) is 31.9 Å². The maximum atomic E-state index is 13.1. The first-order valence-electron chi connectivity index (χ1n) is 7.48. The molecule has 0 radical (unpaired) electrons. The highest BCUT2D eigenvalue weighted by molar-refractivity contribution is 9.09. The summed E-state index contributed by atoms with van der Waals surface area (Å²) in [6.07, 6.45) is 0. The second-order valence-corrected chi connectivity index (χ2v) is 8.73. The Labute approximate surface area is 176 Å². The number of hydrogen-bond acceptors (Lipinski definition) is 7. The van der Waals surface area contributed by atoms with Crippen LogP contribution in [0.5, 0.6) is 0 Å². The lowest BCUT2D eigenvalue weighted by Crippen LogP contribution is -2.21. The van der Waals surface area contributed by atoms with Crippen LogP contribution < -0.4 is 0 Å². The van der Waals surface area contributed by atoms with Crippen molar-refractivity contribution in [1.29, 1.82) is 0 Å². The third-order valence-electron chi connectivity index (χ3n) is 3.71. The number of halogens is 2. The molecule has 2 aromatic heterocycles. The minimum Gasteiger partial charge on any atom is -0.465 e. The lowest BCUT2D eigenvalue weighted by molar-refractivity contribution is -0.120. The number of Topliss-reactive ketones (excluding diaryl/α,β-unsaturated/α-hetero) is 1. The molecule has 0 spiro atoms. The van der Waals surface area contributed by atoms with E-state index in [1.54, 1.807) is 24.3 Å². The topological polar surface area (TPSA) is 69.7 Å². The number of thiophene rings is 2. The highest BCUT2D eigenvalue weighted by Gasteiger charge is 2.31. The van der Waals surface area contributed by atoms with E-state index in [1.165, 1.54) is 36.9 Å². The molecular weight excluding hydrogens is 508 g/mol. The lowest BCUT2D eigenvalue weighted by atomic mass is 9.93. The summed E-state index contributed by atoms with van der Waals surface area (Å²) in [4.78, 5) is 38.9. The van der Waals surface area contributed by atoms with E-state index in [0.29, 0.717) is 20.4 Å². The smallest absolute Gasteiger partial charge is 0.348 e. The van der Waals surface area contributed by atoms with E-state index in [2.05, 4.69) is 31.9 Å². The summed E-state index contributed by atoms with van der Waals surface area (Å²) in [6, 6.07) is 6.89. The molecule has 0 N–H and O–H groups in total. The van der Waals surface area contributed by atoms with E-state index in [-0.39, 0.29) is 5.78 Å². The van der Waals surface area contributed by atoms with Crippen LogP contribution in [0.1, 0.15) is 40.9 Å². The summed E-state index contributed by atoms with van der Waals surface area (Å²) in [5, 5.41) is 0.872.